The summed E-state index contributed by atoms with van der Waals surface area (Å²) in [6.45, 7) is 1.26. The van der Waals surface area contributed by atoms with Gasteiger partial charge in [-0.3, -0.25) is 14.9 Å². The number of amides is 1. The second-order valence-corrected chi connectivity index (χ2v) is 7.84. The van der Waals surface area contributed by atoms with Crippen LogP contribution in [-0.2, 0) is 11.3 Å². The predicted octanol–water partition coefficient (Wildman–Crippen LogP) is 4.27. The van der Waals surface area contributed by atoms with E-state index in [1.165, 1.54) is 12.1 Å². The summed E-state index contributed by atoms with van der Waals surface area (Å²) < 4.78 is 1.06. The van der Waals surface area contributed by atoms with E-state index in [9.17, 15) is 14.9 Å². The van der Waals surface area contributed by atoms with Gasteiger partial charge in [0.05, 0.1) is 15.3 Å². The van der Waals surface area contributed by atoms with Gasteiger partial charge in [-0.2, -0.15) is 0 Å². The van der Waals surface area contributed by atoms with Gasteiger partial charge in [-0.15, -0.1) is 11.3 Å². The summed E-state index contributed by atoms with van der Waals surface area (Å²) in [5.41, 5.74) is 0.877. The number of rotatable bonds is 8. The van der Waals surface area contributed by atoms with Crippen molar-refractivity contribution in [1.82, 2.24) is 4.90 Å². The Hall–Kier alpha value is -1.93. The van der Waals surface area contributed by atoms with Gasteiger partial charge in [0.1, 0.15) is 0 Å². The number of nitrogens with one attached hydrogen (secondary N) is 1. The zero-order valence-corrected chi connectivity index (χ0v) is 15.6. The number of anilines is 1. The van der Waals surface area contributed by atoms with Crippen LogP contribution in [0.3, 0.4) is 0 Å². The Morgan fingerprint density at radius 2 is 2.00 bits per heavy atom. The summed E-state index contributed by atoms with van der Waals surface area (Å²) in [5, 5.41) is 13.7. The molecule has 1 amide bonds. The molecular formula is C16H18BrN3O3S. The number of thiophene rings is 1. The average Bonchev–Trinajstić information content (AvgIpc) is 2.96. The normalized spacial score (nSPS) is 10.4. The molecule has 0 fully saturated rings. The molecule has 0 atom stereocenters. The maximum atomic E-state index is 12.1. The molecule has 2 aromatic rings. The third kappa shape index (κ3) is 5.61. The summed E-state index contributed by atoms with van der Waals surface area (Å²) in [4.78, 5) is 25.1. The molecule has 0 saturated carbocycles. The number of carbonyl (C=O) groups is 1. The Morgan fingerprint density at radius 3 is 2.58 bits per heavy atom. The first-order chi connectivity index (χ1) is 11.5. The van der Waals surface area contributed by atoms with Crippen molar-refractivity contribution in [2.24, 2.45) is 0 Å². The van der Waals surface area contributed by atoms with Crippen molar-refractivity contribution in [3.8, 4) is 0 Å². The Morgan fingerprint density at radius 1 is 1.29 bits per heavy atom. The van der Waals surface area contributed by atoms with Crippen molar-refractivity contribution in [3.05, 3.63) is 55.2 Å². The Balaban J connectivity index is 1.69. The van der Waals surface area contributed by atoms with Crippen molar-refractivity contribution < 1.29 is 9.72 Å². The van der Waals surface area contributed by atoms with E-state index in [4.69, 9.17) is 0 Å². The first kappa shape index (κ1) is 18.4. The number of non-ortho nitro benzene ring substituents is 1. The summed E-state index contributed by atoms with van der Waals surface area (Å²) in [7, 11) is 1.81. The van der Waals surface area contributed by atoms with Gasteiger partial charge in [-0.1, -0.05) is 0 Å². The topological polar surface area (TPSA) is 75.5 Å². The van der Waals surface area contributed by atoms with Crippen LogP contribution in [0.15, 0.2) is 40.2 Å². The second-order valence-electron chi connectivity index (χ2n) is 5.29. The number of nitro groups is 1. The van der Waals surface area contributed by atoms with Crippen molar-refractivity contribution in [2.75, 3.05) is 18.9 Å². The fraction of sp³-hybridized carbons (Fsp3) is 0.312. The zero-order valence-electron chi connectivity index (χ0n) is 13.2. The van der Waals surface area contributed by atoms with Crippen LogP contribution in [0.25, 0.3) is 0 Å². The average molecular weight is 412 g/mol. The lowest BCUT2D eigenvalue weighted by Gasteiger charge is -2.16. The van der Waals surface area contributed by atoms with E-state index < -0.39 is 4.92 Å². The number of nitro benzene ring substituents is 1. The summed E-state index contributed by atoms with van der Waals surface area (Å²) >= 11 is 5.04. The lowest BCUT2D eigenvalue weighted by Crippen LogP contribution is -2.26. The van der Waals surface area contributed by atoms with Gasteiger partial charge in [0.15, 0.2) is 0 Å². The van der Waals surface area contributed by atoms with E-state index in [1.807, 2.05) is 12.1 Å². The van der Waals surface area contributed by atoms with Gasteiger partial charge in [0, 0.05) is 42.7 Å². The minimum absolute atomic E-state index is 0.0672. The van der Waals surface area contributed by atoms with Gasteiger partial charge < -0.3 is 10.2 Å². The van der Waals surface area contributed by atoms with Crippen LogP contribution in [0.5, 0.6) is 0 Å². The van der Waals surface area contributed by atoms with Gasteiger partial charge >= 0.3 is 0 Å². The Bertz CT molecular complexity index is 703. The number of hydrogen-bond acceptors (Lipinski definition) is 5. The molecule has 0 bridgehead atoms. The fourth-order valence-electron chi connectivity index (χ4n) is 2.12. The van der Waals surface area contributed by atoms with E-state index in [1.54, 1.807) is 35.4 Å². The molecule has 0 aliphatic rings. The minimum atomic E-state index is -0.426. The standard InChI is InChI=1S/C16H18BrN3O3S/c1-19(11-14-8-9-15(17)24-14)16(21)3-2-10-18-12-4-6-13(7-5-12)20(22)23/h4-9,18H,2-3,10-11H2,1H3. The number of benzene rings is 1. The number of hydrogen-bond donors (Lipinski definition) is 1. The van der Waals surface area contributed by atoms with Crippen LogP contribution < -0.4 is 5.32 Å². The van der Waals surface area contributed by atoms with E-state index in [0.29, 0.717) is 25.9 Å². The lowest BCUT2D eigenvalue weighted by molar-refractivity contribution is -0.384. The SMILES string of the molecule is CN(Cc1ccc(Br)s1)C(=O)CCCNc1ccc([N+](=O)[O-])cc1. The molecule has 128 valence electrons. The maximum absolute atomic E-state index is 12.1. The molecule has 0 spiro atoms. The van der Waals surface area contributed by atoms with E-state index in [-0.39, 0.29) is 11.6 Å². The zero-order chi connectivity index (χ0) is 17.5. The van der Waals surface area contributed by atoms with Gasteiger partial charge in [-0.05, 0) is 46.6 Å². The molecule has 0 radical (unpaired) electrons. The van der Waals surface area contributed by atoms with E-state index in [0.717, 1.165) is 14.4 Å². The van der Waals surface area contributed by atoms with Crippen molar-refractivity contribution in [1.29, 1.82) is 0 Å². The van der Waals surface area contributed by atoms with Crippen LogP contribution in [0, 0.1) is 10.1 Å². The molecular weight excluding hydrogens is 394 g/mol. The molecule has 0 unspecified atom stereocenters. The molecule has 0 aliphatic carbocycles. The summed E-state index contributed by atoms with van der Waals surface area (Å²) in [5.74, 6) is 0.102. The highest BCUT2D eigenvalue weighted by molar-refractivity contribution is 9.11. The van der Waals surface area contributed by atoms with Crippen LogP contribution >= 0.6 is 27.3 Å². The molecule has 0 aliphatic heterocycles. The van der Waals surface area contributed by atoms with Gasteiger partial charge in [0.25, 0.3) is 5.69 Å². The number of nitrogens with zero attached hydrogens (tertiary/aromatic N) is 2. The highest BCUT2D eigenvalue weighted by Gasteiger charge is 2.10. The fourth-order valence-corrected chi connectivity index (χ4v) is 3.66. The number of halogens is 1. The molecule has 1 aromatic carbocycles. The molecule has 0 saturated heterocycles. The molecule has 1 aromatic heterocycles. The highest BCUT2D eigenvalue weighted by atomic mass is 79.9. The second kappa shape index (κ2) is 8.79. The van der Waals surface area contributed by atoms with Crippen molar-refractivity contribution in [3.63, 3.8) is 0 Å². The predicted molar refractivity (Wildman–Crippen MR) is 99.3 cm³/mol. The van der Waals surface area contributed by atoms with Gasteiger partial charge in [-0.25, -0.2) is 0 Å². The summed E-state index contributed by atoms with van der Waals surface area (Å²) in [6.07, 6.45) is 1.16. The van der Waals surface area contributed by atoms with E-state index in [2.05, 4.69) is 21.2 Å². The van der Waals surface area contributed by atoms with Crippen LogP contribution in [-0.4, -0.2) is 29.3 Å². The lowest BCUT2D eigenvalue weighted by atomic mass is 10.2. The molecule has 8 heteroatoms. The third-order valence-corrected chi connectivity index (χ3v) is 5.03. The first-order valence-corrected chi connectivity index (χ1v) is 9.03. The Kier molecular flexibility index (Phi) is 6.74. The van der Waals surface area contributed by atoms with Crippen molar-refractivity contribution in [2.45, 2.75) is 19.4 Å². The maximum Gasteiger partial charge on any atom is 0.269 e. The highest BCUT2D eigenvalue weighted by Crippen LogP contribution is 2.23. The molecule has 1 heterocycles. The summed E-state index contributed by atoms with van der Waals surface area (Å²) in [6, 6.07) is 10.2. The monoisotopic (exact) mass is 411 g/mol. The smallest absolute Gasteiger partial charge is 0.269 e. The minimum Gasteiger partial charge on any atom is -0.385 e. The first-order valence-electron chi connectivity index (χ1n) is 7.42. The Labute approximate surface area is 152 Å². The number of carbonyl (C=O) groups excluding carboxylic acids is 1. The van der Waals surface area contributed by atoms with Crippen molar-refractivity contribution >= 4 is 44.5 Å². The quantitative estimate of drug-likeness (QED) is 0.399. The largest absolute Gasteiger partial charge is 0.385 e. The van der Waals surface area contributed by atoms with Crippen LogP contribution in [0.2, 0.25) is 0 Å². The molecule has 1 N–H and O–H groups in total. The molecule has 2 rings (SSSR count). The molecule has 6 nitrogen and oxygen atoms in total. The van der Waals surface area contributed by atoms with Gasteiger partial charge in [0.2, 0.25) is 5.91 Å². The van der Waals surface area contributed by atoms with Crippen LogP contribution in [0.1, 0.15) is 17.7 Å². The third-order valence-electron chi connectivity index (χ3n) is 3.42. The van der Waals surface area contributed by atoms with Crippen LogP contribution in [0.4, 0.5) is 11.4 Å². The molecule has 24 heavy (non-hydrogen) atoms. The van der Waals surface area contributed by atoms with E-state index >= 15 is 0 Å².